The molecule has 11 heavy (non-hydrogen) atoms. The number of aromatic nitrogens is 2. The van der Waals surface area contributed by atoms with Crippen molar-refractivity contribution in [1.82, 2.24) is 10.2 Å². The van der Waals surface area contributed by atoms with Crippen molar-refractivity contribution in [1.29, 1.82) is 0 Å². The van der Waals surface area contributed by atoms with Crippen LogP contribution in [0, 0.1) is 3.95 Å². The number of hydrogen-bond acceptors (Lipinski definition) is 4. The number of aromatic amines is 1. The number of hydrogen-bond donors (Lipinski definition) is 1. The fourth-order valence-corrected chi connectivity index (χ4v) is 1.68. The topological polar surface area (TPSA) is 31.9 Å². The molecule has 0 aromatic carbocycles. The largest absolute Gasteiger partial charge is 0.350 e. The number of nitrogens with zero attached hydrogens (tertiary/aromatic N) is 2. The maximum atomic E-state index is 4.91. The molecule has 5 heteroatoms. The molecule has 0 unspecified atom stereocenters. The number of H-pyrrole nitrogens is 1. The summed E-state index contributed by atoms with van der Waals surface area (Å²) in [5.41, 5.74) is 0. The van der Waals surface area contributed by atoms with E-state index in [1.807, 2.05) is 7.05 Å². The van der Waals surface area contributed by atoms with Gasteiger partial charge in [-0.25, -0.2) is 0 Å². The molecule has 1 N–H and O–H groups in total. The van der Waals surface area contributed by atoms with Crippen LogP contribution in [0.1, 0.15) is 13.3 Å². The zero-order chi connectivity index (χ0) is 8.27. The van der Waals surface area contributed by atoms with Crippen molar-refractivity contribution in [3.05, 3.63) is 3.95 Å². The van der Waals surface area contributed by atoms with Gasteiger partial charge in [-0.3, -0.25) is 5.10 Å². The number of rotatable bonds is 3. The summed E-state index contributed by atoms with van der Waals surface area (Å²) >= 11 is 6.42. The standard InChI is InChI=1S/C6H11N3S2/c1-3-4-9(2)5-7-8-6(10)11-5/h3-4H2,1-2H3,(H,8,10). The first-order valence-corrected chi connectivity index (χ1v) is 4.73. The van der Waals surface area contributed by atoms with Crippen LogP contribution in [0.3, 0.4) is 0 Å². The Balaban J connectivity index is 2.68. The summed E-state index contributed by atoms with van der Waals surface area (Å²) in [6, 6.07) is 0. The highest BCUT2D eigenvalue weighted by molar-refractivity contribution is 7.73. The van der Waals surface area contributed by atoms with Crippen LogP contribution in [0.2, 0.25) is 0 Å². The molecule has 0 saturated heterocycles. The van der Waals surface area contributed by atoms with Gasteiger partial charge in [0.25, 0.3) is 0 Å². The van der Waals surface area contributed by atoms with Crippen LogP contribution >= 0.6 is 23.6 Å². The van der Waals surface area contributed by atoms with Crippen molar-refractivity contribution in [3.63, 3.8) is 0 Å². The molecule has 62 valence electrons. The normalized spacial score (nSPS) is 10.0. The van der Waals surface area contributed by atoms with Gasteiger partial charge in [0.15, 0.2) is 3.95 Å². The van der Waals surface area contributed by atoms with Crippen LogP contribution in [0.5, 0.6) is 0 Å². The van der Waals surface area contributed by atoms with Gasteiger partial charge in [0.1, 0.15) is 0 Å². The maximum absolute atomic E-state index is 4.91. The molecule has 1 aromatic heterocycles. The highest BCUT2D eigenvalue weighted by Gasteiger charge is 2.01. The zero-order valence-electron chi connectivity index (χ0n) is 6.63. The van der Waals surface area contributed by atoms with E-state index in [9.17, 15) is 0 Å². The fraction of sp³-hybridized carbons (Fsp3) is 0.667. The van der Waals surface area contributed by atoms with Crippen LogP contribution in [0.15, 0.2) is 0 Å². The van der Waals surface area contributed by atoms with Gasteiger partial charge in [0.05, 0.1) is 0 Å². The van der Waals surface area contributed by atoms with Gasteiger partial charge in [0.2, 0.25) is 5.13 Å². The lowest BCUT2D eigenvalue weighted by Crippen LogP contribution is -2.17. The van der Waals surface area contributed by atoms with E-state index in [1.165, 1.54) is 11.3 Å². The van der Waals surface area contributed by atoms with Crippen molar-refractivity contribution in [3.8, 4) is 0 Å². The molecule has 0 aliphatic heterocycles. The molecule has 1 rings (SSSR count). The Kier molecular flexibility index (Phi) is 3.02. The van der Waals surface area contributed by atoms with Gasteiger partial charge in [-0.1, -0.05) is 18.3 Å². The number of anilines is 1. The lowest BCUT2D eigenvalue weighted by molar-refractivity contribution is 0.837. The second-order valence-electron chi connectivity index (χ2n) is 2.32. The molecule has 0 atom stereocenters. The van der Waals surface area contributed by atoms with E-state index in [2.05, 4.69) is 22.0 Å². The summed E-state index contributed by atoms with van der Waals surface area (Å²) < 4.78 is 0.739. The molecule has 0 spiro atoms. The molecule has 0 aliphatic rings. The first-order chi connectivity index (χ1) is 5.24. The third-order valence-corrected chi connectivity index (χ3v) is 2.52. The summed E-state index contributed by atoms with van der Waals surface area (Å²) in [7, 11) is 2.02. The van der Waals surface area contributed by atoms with E-state index in [-0.39, 0.29) is 0 Å². The molecule has 1 aromatic rings. The quantitative estimate of drug-likeness (QED) is 0.738. The monoisotopic (exact) mass is 189 g/mol. The van der Waals surface area contributed by atoms with Crippen molar-refractivity contribution in [2.75, 3.05) is 18.5 Å². The average Bonchev–Trinajstić information content (AvgIpc) is 2.36. The molecule has 0 bridgehead atoms. The molecule has 0 saturated carbocycles. The molecule has 0 fully saturated rings. The van der Waals surface area contributed by atoms with Gasteiger partial charge in [-0.05, 0) is 18.6 Å². The summed E-state index contributed by atoms with van der Waals surface area (Å²) in [6.45, 7) is 3.17. The summed E-state index contributed by atoms with van der Waals surface area (Å²) in [4.78, 5) is 2.09. The minimum Gasteiger partial charge on any atom is -0.350 e. The SMILES string of the molecule is CCCN(C)c1n[nH]c(=S)s1. The lowest BCUT2D eigenvalue weighted by atomic mass is 10.5. The highest BCUT2D eigenvalue weighted by atomic mass is 32.1. The molecule has 0 amide bonds. The minimum atomic E-state index is 0.739. The van der Waals surface area contributed by atoms with Crippen molar-refractivity contribution >= 4 is 28.7 Å². The maximum Gasteiger partial charge on any atom is 0.206 e. The second-order valence-corrected chi connectivity index (χ2v) is 3.96. The Morgan fingerprint density at radius 2 is 2.45 bits per heavy atom. The van der Waals surface area contributed by atoms with E-state index >= 15 is 0 Å². The average molecular weight is 189 g/mol. The lowest BCUT2D eigenvalue weighted by Gasteiger charge is -2.12. The minimum absolute atomic E-state index is 0.739. The van der Waals surface area contributed by atoms with Crippen LogP contribution in [0.4, 0.5) is 5.13 Å². The Hall–Kier alpha value is -0.420. The Labute approximate surface area is 75.1 Å². The van der Waals surface area contributed by atoms with Crippen molar-refractivity contribution in [2.24, 2.45) is 0 Å². The van der Waals surface area contributed by atoms with E-state index in [0.29, 0.717) is 0 Å². The zero-order valence-corrected chi connectivity index (χ0v) is 8.26. The van der Waals surface area contributed by atoms with Gasteiger partial charge in [0, 0.05) is 13.6 Å². The van der Waals surface area contributed by atoms with Crippen LogP contribution in [0.25, 0.3) is 0 Å². The van der Waals surface area contributed by atoms with E-state index in [0.717, 1.165) is 22.1 Å². The molecule has 0 aliphatic carbocycles. The molecule has 0 radical (unpaired) electrons. The predicted octanol–water partition coefficient (Wildman–Crippen LogP) is 2.05. The molecule has 1 heterocycles. The van der Waals surface area contributed by atoms with Gasteiger partial charge < -0.3 is 4.90 Å². The third-order valence-electron chi connectivity index (χ3n) is 1.31. The van der Waals surface area contributed by atoms with Crippen LogP contribution in [-0.2, 0) is 0 Å². The van der Waals surface area contributed by atoms with Gasteiger partial charge in [-0.2, -0.15) is 0 Å². The van der Waals surface area contributed by atoms with Gasteiger partial charge in [-0.15, -0.1) is 5.10 Å². The van der Waals surface area contributed by atoms with Crippen LogP contribution in [-0.4, -0.2) is 23.8 Å². The molecule has 3 nitrogen and oxygen atoms in total. The fourth-order valence-electron chi connectivity index (χ4n) is 0.816. The van der Waals surface area contributed by atoms with E-state index in [4.69, 9.17) is 12.2 Å². The Morgan fingerprint density at radius 1 is 1.73 bits per heavy atom. The third kappa shape index (κ3) is 2.27. The van der Waals surface area contributed by atoms with Crippen molar-refractivity contribution in [2.45, 2.75) is 13.3 Å². The summed E-state index contributed by atoms with van der Waals surface area (Å²) in [5, 5.41) is 7.77. The second kappa shape index (κ2) is 3.82. The highest BCUT2D eigenvalue weighted by Crippen LogP contribution is 2.15. The van der Waals surface area contributed by atoms with E-state index < -0.39 is 0 Å². The Morgan fingerprint density at radius 3 is 2.91 bits per heavy atom. The smallest absolute Gasteiger partial charge is 0.206 e. The van der Waals surface area contributed by atoms with Crippen LogP contribution < -0.4 is 4.90 Å². The molecular weight excluding hydrogens is 178 g/mol. The first kappa shape index (κ1) is 8.67. The summed E-state index contributed by atoms with van der Waals surface area (Å²) in [5.74, 6) is 0. The first-order valence-electron chi connectivity index (χ1n) is 3.50. The Bertz CT molecular complexity index is 265. The summed E-state index contributed by atoms with van der Waals surface area (Å²) in [6.07, 6.45) is 1.13. The predicted molar refractivity (Wildman–Crippen MR) is 50.9 cm³/mol. The van der Waals surface area contributed by atoms with Crippen molar-refractivity contribution < 1.29 is 0 Å². The van der Waals surface area contributed by atoms with E-state index in [1.54, 1.807) is 0 Å². The van der Waals surface area contributed by atoms with Gasteiger partial charge >= 0.3 is 0 Å². The number of nitrogens with one attached hydrogen (secondary N) is 1. The molecular formula is C6H11N3S2.